The summed E-state index contributed by atoms with van der Waals surface area (Å²) >= 11 is 0. The Balaban J connectivity index is 0.000000481. The van der Waals surface area contributed by atoms with E-state index in [2.05, 4.69) is 0 Å². The molecule has 0 fully saturated rings. The average Bonchev–Trinajstić information content (AvgIpc) is 3.02. The van der Waals surface area contributed by atoms with Crippen LogP contribution >= 0.6 is 0 Å². The van der Waals surface area contributed by atoms with Gasteiger partial charge in [0, 0.05) is 0 Å². The molecular formula is C34H36O13S2Zn. The molecule has 264 valence electrons. The normalized spacial score (nSPS) is 10.8. The molecule has 4 N–H and O–H groups in total. The summed E-state index contributed by atoms with van der Waals surface area (Å²) in [5.74, 6) is -3.59. The molecule has 4 aromatic carbocycles. The van der Waals surface area contributed by atoms with E-state index in [9.17, 15) is 36.6 Å². The maximum Gasteiger partial charge on any atom is 2.00 e. The van der Waals surface area contributed by atoms with Crippen molar-refractivity contribution in [2.24, 2.45) is 0 Å². The molecule has 0 heterocycles. The van der Waals surface area contributed by atoms with Gasteiger partial charge in [-0.25, -0.2) is 26.4 Å². The van der Waals surface area contributed by atoms with Crippen LogP contribution in [0, 0.1) is 13.8 Å². The van der Waals surface area contributed by atoms with Crippen LogP contribution in [0.15, 0.2) is 94.7 Å². The Morgan fingerprint density at radius 2 is 0.920 bits per heavy atom. The van der Waals surface area contributed by atoms with E-state index in [4.69, 9.17) is 19.7 Å². The molecule has 16 heteroatoms. The number of sulfone groups is 2. The van der Waals surface area contributed by atoms with Crippen molar-refractivity contribution >= 4 is 31.6 Å². The number of rotatable bonds is 14. The molecule has 0 spiro atoms. The molecule has 13 nitrogen and oxygen atoms in total. The molecule has 0 radical (unpaired) electrons. The Labute approximate surface area is 303 Å². The molecule has 0 saturated heterocycles. The monoisotopic (exact) mass is 780 g/mol. The summed E-state index contributed by atoms with van der Waals surface area (Å²) in [6, 6.07) is 20.5. The zero-order valence-corrected chi connectivity index (χ0v) is 31.9. The van der Waals surface area contributed by atoms with Crippen molar-refractivity contribution in [3.05, 3.63) is 107 Å². The summed E-state index contributed by atoms with van der Waals surface area (Å²) in [6.45, 7) is 3.97. The summed E-state index contributed by atoms with van der Waals surface area (Å²) in [5, 5.41) is 40.6. The summed E-state index contributed by atoms with van der Waals surface area (Å²) in [7, 11) is -6.75. The molecule has 0 atom stereocenters. The average molecular weight is 782 g/mol. The second kappa shape index (κ2) is 19.6. The Morgan fingerprint density at radius 1 is 0.600 bits per heavy atom. The van der Waals surface area contributed by atoms with Crippen molar-refractivity contribution < 1.29 is 81.3 Å². The molecule has 0 amide bonds. The molecular weight excluding hydrogens is 746 g/mol. The van der Waals surface area contributed by atoms with Crippen molar-refractivity contribution in [3.63, 3.8) is 0 Å². The molecule has 0 aliphatic rings. The van der Waals surface area contributed by atoms with Crippen LogP contribution in [0.5, 0.6) is 23.0 Å². The Morgan fingerprint density at radius 3 is 1.20 bits per heavy atom. The number of aryl methyl sites for hydroxylation is 2. The quantitative estimate of drug-likeness (QED) is 0.139. The van der Waals surface area contributed by atoms with E-state index >= 15 is 0 Å². The number of carboxylic acids is 2. The summed E-state index contributed by atoms with van der Waals surface area (Å²) in [6.07, 6.45) is 0.510. The number of aromatic carboxylic acids is 2. The van der Waals surface area contributed by atoms with E-state index in [-0.39, 0.29) is 94.9 Å². The predicted molar refractivity (Wildman–Crippen MR) is 176 cm³/mol. The minimum absolute atomic E-state index is 0. The van der Waals surface area contributed by atoms with Gasteiger partial charge in [-0.2, -0.15) is 0 Å². The molecule has 50 heavy (non-hydrogen) atoms. The van der Waals surface area contributed by atoms with Gasteiger partial charge < -0.3 is 35.4 Å². The predicted octanol–water partition coefficient (Wildman–Crippen LogP) is 3.19. The fraction of sp³-hybridized carbons (Fsp3) is 0.235. The Bertz CT molecular complexity index is 1800. The van der Waals surface area contributed by atoms with Gasteiger partial charge in [-0.05, 0) is 87.4 Å². The van der Waals surface area contributed by atoms with Gasteiger partial charge in [0.05, 0.1) is 45.6 Å². The van der Waals surface area contributed by atoms with Crippen molar-refractivity contribution in [1.29, 1.82) is 0 Å². The number of hydrogen-bond acceptors (Lipinski definition) is 10. The van der Waals surface area contributed by atoms with Crippen LogP contribution in [0.25, 0.3) is 0 Å². The molecule has 4 aromatic rings. The van der Waals surface area contributed by atoms with E-state index < -0.39 is 43.1 Å². The van der Waals surface area contributed by atoms with E-state index in [1.54, 1.807) is 48.5 Å². The topological polar surface area (TPSA) is 239 Å². The van der Waals surface area contributed by atoms with Crippen molar-refractivity contribution in [2.75, 3.05) is 24.7 Å². The standard InChI is InChI=1S/2C17H18O6S.H2O.Zn/c2*1-12-3-6-14(7-4-12)24(21,22)10-2-9-23-13-5-8-15(17(19)20)16(18)11-13;;/h2*3-8,11,18H,2,9-10H2,1H3,(H,19,20);1H2;/q;;;+2/p-2. The third kappa shape index (κ3) is 13.1. The maximum absolute atomic E-state index is 12.2. The second-order valence-corrected chi connectivity index (χ2v) is 14.8. The maximum atomic E-state index is 12.2. The first-order valence-corrected chi connectivity index (χ1v) is 17.8. The van der Waals surface area contributed by atoms with Gasteiger partial charge in [0.15, 0.2) is 19.7 Å². The molecule has 0 aliphatic carbocycles. The van der Waals surface area contributed by atoms with E-state index in [0.717, 1.165) is 23.3 Å². The van der Waals surface area contributed by atoms with Crippen LogP contribution in [0.3, 0.4) is 0 Å². The SMILES string of the molecule is Cc1ccc(S(=O)(=O)CCCOc2ccc(C(=O)O)c([O-])c2)cc1.Cc1ccc(S(=O)(=O)CCCOc2ccc(C(=O)O)c([O-])c2)cc1.O.[Zn+2]. The number of benzene rings is 4. The number of hydrogen-bond donors (Lipinski definition) is 2. The zero-order chi connectivity index (χ0) is 35.5. The first-order valence-electron chi connectivity index (χ1n) is 14.5. The molecule has 0 saturated carbocycles. The third-order valence-corrected chi connectivity index (χ3v) is 10.4. The van der Waals surface area contributed by atoms with Crippen molar-refractivity contribution in [1.82, 2.24) is 0 Å². The summed E-state index contributed by atoms with van der Waals surface area (Å²) < 4.78 is 59.3. The first kappa shape index (κ1) is 43.5. The van der Waals surface area contributed by atoms with Gasteiger partial charge in [0.25, 0.3) is 0 Å². The number of ether oxygens (including phenoxy) is 2. The summed E-state index contributed by atoms with van der Waals surface area (Å²) in [4.78, 5) is 22.0. The molecule has 0 aliphatic heterocycles. The van der Waals surface area contributed by atoms with Gasteiger partial charge in [-0.3, -0.25) is 0 Å². The van der Waals surface area contributed by atoms with Crippen LogP contribution in [0.1, 0.15) is 44.7 Å². The van der Waals surface area contributed by atoms with Gasteiger partial charge in [-0.1, -0.05) is 46.9 Å². The third-order valence-electron chi connectivity index (χ3n) is 6.78. The fourth-order valence-electron chi connectivity index (χ4n) is 4.14. The molecule has 0 aromatic heterocycles. The van der Waals surface area contributed by atoms with E-state index in [1.807, 2.05) is 13.8 Å². The van der Waals surface area contributed by atoms with Gasteiger partial charge in [0.1, 0.15) is 11.5 Å². The largest absolute Gasteiger partial charge is 2.00 e. The smallest absolute Gasteiger partial charge is 0.872 e. The number of carboxylic acid groups (broad SMARTS) is 2. The first-order chi connectivity index (χ1) is 22.6. The van der Waals surface area contributed by atoms with Crippen LogP contribution in [0.4, 0.5) is 0 Å². The Kier molecular flexibility index (Phi) is 17.1. The van der Waals surface area contributed by atoms with Crippen molar-refractivity contribution in [3.8, 4) is 23.0 Å². The van der Waals surface area contributed by atoms with Crippen LogP contribution in [-0.2, 0) is 39.2 Å². The minimum Gasteiger partial charge on any atom is -0.872 e. The van der Waals surface area contributed by atoms with Crippen LogP contribution < -0.4 is 19.7 Å². The molecule has 0 bridgehead atoms. The van der Waals surface area contributed by atoms with Crippen LogP contribution in [-0.4, -0.2) is 69.2 Å². The zero-order valence-electron chi connectivity index (χ0n) is 27.3. The second-order valence-electron chi connectivity index (χ2n) is 10.6. The Hall–Kier alpha value is -4.50. The van der Waals surface area contributed by atoms with Gasteiger partial charge >= 0.3 is 31.4 Å². The van der Waals surface area contributed by atoms with E-state index in [1.165, 1.54) is 24.3 Å². The number of carbonyl (C=O) groups is 2. The van der Waals surface area contributed by atoms with Gasteiger partial charge in [0.2, 0.25) is 0 Å². The van der Waals surface area contributed by atoms with E-state index in [0.29, 0.717) is 0 Å². The van der Waals surface area contributed by atoms with Crippen molar-refractivity contribution in [2.45, 2.75) is 36.5 Å². The summed E-state index contributed by atoms with van der Waals surface area (Å²) in [5.41, 5.74) is 1.31. The van der Waals surface area contributed by atoms with Crippen LogP contribution in [0.2, 0.25) is 0 Å². The molecule has 4 rings (SSSR count). The molecule has 0 unspecified atom stereocenters. The van der Waals surface area contributed by atoms with Gasteiger partial charge in [-0.15, -0.1) is 0 Å². The fourth-order valence-corrected chi connectivity index (χ4v) is 6.71. The minimum atomic E-state index is -3.38.